The number of para-hydroxylation sites is 1. The summed E-state index contributed by atoms with van der Waals surface area (Å²) >= 11 is 0. The van der Waals surface area contributed by atoms with Crippen LogP contribution in [0.15, 0.2) is 36.5 Å². The first-order valence-electron chi connectivity index (χ1n) is 3.13. The molecule has 0 aliphatic carbocycles. The molecule has 0 aliphatic heterocycles. The van der Waals surface area contributed by atoms with E-state index in [4.69, 9.17) is 5.21 Å². The largest absolute Gasteiger partial charge is 1.00 e. The average molecular weight is 171 g/mol. The Balaban J connectivity index is 0.000000605. The lowest BCUT2D eigenvalue weighted by Gasteiger charge is -1.91. The van der Waals surface area contributed by atoms with Gasteiger partial charge >= 0.3 is 1.43 Å². The second kappa shape index (κ2) is 2.84. The van der Waals surface area contributed by atoms with Crippen LogP contribution >= 0.6 is 12.4 Å². The van der Waals surface area contributed by atoms with Crippen LogP contribution in [0.25, 0.3) is 10.9 Å². The fraction of sp³-hybridized carbons (Fsp3) is 0. The summed E-state index contributed by atoms with van der Waals surface area (Å²) in [5.41, 5.74) is 0.850. The summed E-state index contributed by atoms with van der Waals surface area (Å²) in [7, 11) is 0. The van der Waals surface area contributed by atoms with Crippen molar-refractivity contribution in [2.45, 2.75) is 0 Å². The van der Waals surface area contributed by atoms with Crippen LogP contribution in [0.4, 0.5) is 0 Å². The van der Waals surface area contributed by atoms with Gasteiger partial charge in [0.25, 0.3) is 0 Å². The van der Waals surface area contributed by atoms with E-state index in [1.807, 2.05) is 30.3 Å². The van der Waals surface area contributed by atoms with E-state index in [-0.39, 0.29) is 13.8 Å². The van der Waals surface area contributed by atoms with Gasteiger partial charge in [-0.1, -0.05) is 18.2 Å². The zero-order valence-corrected chi connectivity index (χ0v) is 6.58. The minimum absolute atomic E-state index is 0. The zero-order chi connectivity index (χ0) is 6.97. The number of benzene rings is 1. The minimum Gasteiger partial charge on any atom is -0.428 e. The molecule has 0 aliphatic rings. The van der Waals surface area contributed by atoms with E-state index in [1.165, 1.54) is 0 Å². The fourth-order valence-corrected chi connectivity index (χ4v) is 1.07. The van der Waals surface area contributed by atoms with Crippen LogP contribution < -0.4 is 0 Å². The first-order chi connectivity index (χ1) is 4.88. The van der Waals surface area contributed by atoms with Gasteiger partial charge in [0.05, 0.1) is 5.52 Å². The Morgan fingerprint density at radius 2 is 1.91 bits per heavy atom. The molecule has 0 atom stereocenters. The quantitative estimate of drug-likeness (QED) is 0.604. The molecule has 58 valence electrons. The second-order valence-corrected chi connectivity index (χ2v) is 2.22. The lowest BCUT2D eigenvalue weighted by molar-refractivity contribution is 0.200. The number of hydrogen-bond acceptors (Lipinski definition) is 1. The highest BCUT2D eigenvalue weighted by molar-refractivity contribution is 5.85. The number of aromatic nitrogens is 1. The maximum Gasteiger partial charge on any atom is 1.00 e. The maximum absolute atomic E-state index is 9.13. The molecule has 0 unspecified atom stereocenters. The molecule has 1 heterocycles. The molecule has 2 nitrogen and oxygen atoms in total. The van der Waals surface area contributed by atoms with Crippen LogP contribution in [0.1, 0.15) is 1.43 Å². The molecular weight excluding hydrogens is 162 g/mol. The minimum atomic E-state index is 0. The van der Waals surface area contributed by atoms with E-state index in [1.54, 1.807) is 6.20 Å². The third kappa shape index (κ3) is 1.17. The number of hydrogen-bond donors (Lipinski definition) is 1. The van der Waals surface area contributed by atoms with Gasteiger partial charge in [0, 0.05) is 11.6 Å². The maximum atomic E-state index is 9.13. The predicted octanol–water partition coefficient (Wildman–Crippen LogP) is 2.41. The summed E-state index contributed by atoms with van der Waals surface area (Å²) in [5, 5.41) is 10.2. The van der Waals surface area contributed by atoms with Crippen LogP contribution in [0.3, 0.4) is 0 Å². The lowest BCUT2D eigenvalue weighted by atomic mass is 10.3. The molecule has 0 bridgehead atoms. The molecule has 0 saturated heterocycles. The van der Waals surface area contributed by atoms with Crippen molar-refractivity contribution in [1.29, 1.82) is 0 Å². The van der Waals surface area contributed by atoms with Gasteiger partial charge < -0.3 is 5.21 Å². The fourth-order valence-electron chi connectivity index (χ4n) is 1.07. The van der Waals surface area contributed by atoms with Gasteiger partial charge in [-0.15, -0.1) is 12.4 Å². The standard InChI is InChI=1S/C8H7NO.ClH/c10-9-6-5-7-3-1-2-4-8(7)9;/h1-6,10H;1H/p+1. The molecule has 0 radical (unpaired) electrons. The van der Waals surface area contributed by atoms with Gasteiger partial charge in [-0.2, -0.15) is 4.73 Å². The average Bonchev–Trinajstić information content (AvgIpc) is 2.34. The van der Waals surface area contributed by atoms with E-state index in [0.717, 1.165) is 15.6 Å². The number of halogens is 1. The van der Waals surface area contributed by atoms with Crippen molar-refractivity contribution in [2.24, 2.45) is 0 Å². The zero-order valence-electron chi connectivity index (χ0n) is 6.77. The highest BCUT2D eigenvalue weighted by atomic mass is 35.5. The third-order valence-electron chi connectivity index (χ3n) is 1.58. The molecule has 0 saturated carbocycles. The van der Waals surface area contributed by atoms with Gasteiger partial charge in [-0.25, -0.2) is 0 Å². The Morgan fingerprint density at radius 3 is 2.64 bits per heavy atom. The monoisotopic (exact) mass is 170 g/mol. The van der Waals surface area contributed by atoms with Gasteiger partial charge in [-0.05, 0) is 12.1 Å². The summed E-state index contributed by atoms with van der Waals surface area (Å²) in [6, 6.07) is 9.55. The molecule has 2 rings (SSSR count). The molecule has 3 heteroatoms. The van der Waals surface area contributed by atoms with Gasteiger partial charge in [-0.3, -0.25) is 0 Å². The summed E-state index contributed by atoms with van der Waals surface area (Å²) < 4.78 is 1.12. The molecule has 1 aromatic heterocycles. The summed E-state index contributed by atoms with van der Waals surface area (Å²) in [6.45, 7) is 0. The van der Waals surface area contributed by atoms with Gasteiger partial charge in [0.1, 0.15) is 0 Å². The normalized spacial score (nSPS) is 9.45. The Bertz CT molecular complexity index is 361. The second-order valence-electron chi connectivity index (χ2n) is 2.22. The Kier molecular flexibility index (Phi) is 2.06. The SMILES string of the molecule is Cl.On1ccc2ccccc21.[H+]. The van der Waals surface area contributed by atoms with Crippen molar-refractivity contribution >= 4 is 23.3 Å². The molecule has 11 heavy (non-hydrogen) atoms. The van der Waals surface area contributed by atoms with Crippen molar-refractivity contribution in [1.82, 2.24) is 4.73 Å². The van der Waals surface area contributed by atoms with Crippen LogP contribution in [0.2, 0.25) is 0 Å². The Labute approximate surface area is 71.9 Å². The molecule has 0 fully saturated rings. The van der Waals surface area contributed by atoms with Crippen molar-refractivity contribution in [3.05, 3.63) is 36.5 Å². The first-order valence-corrected chi connectivity index (χ1v) is 3.13. The smallest absolute Gasteiger partial charge is 0.428 e. The number of fused-ring (bicyclic) bond motifs is 1. The molecule has 1 N–H and O–H groups in total. The van der Waals surface area contributed by atoms with Crippen molar-refractivity contribution in [3.8, 4) is 0 Å². The van der Waals surface area contributed by atoms with Gasteiger partial charge in [0.15, 0.2) is 0 Å². The molecule has 1 aromatic carbocycles. The molecule has 0 spiro atoms. The number of rotatable bonds is 0. The van der Waals surface area contributed by atoms with Crippen LogP contribution in [0, 0.1) is 0 Å². The Hall–Kier alpha value is -1.15. The lowest BCUT2D eigenvalue weighted by Crippen LogP contribution is -1.83. The number of nitrogens with zero attached hydrogens (tertiary/aromatic N) is 1. The van der Waals surface area contributed by atoms with Gasteiger partial charge in [0.2, 0.25) is 0 Å². The van der Waals surface area contributed by atoms with E-state index < -0.39 is 0 Å². The van der Waals surface area contributed by atoms with Crippen molar-refractivity contribution in [3.63, 3.8) is 0 Å². The molecular formula is C8H9ClNO+. The van der Waals surface area contributed by atoms with Crippen molar-refractivity contribution < 1.29 is 6.63 Å². The first kappa shape index (κ1) is 7.95. The van der Waals surface area contributed by atoms with Crippen LogP contribution in [0.5, 0.6) is 0 Å². The third-order valence-corrected chi connectivity index (χ3v) is 1.58. The summed E-state index contributed by atoms with van der Waals surface area (Å²) in [5.74, 6) is 0. The van der Waals surface area contributed by atoms with Crippen molar-refractivity contribution in [2.75, 3.05) is 0 Å². The van der Waals surface area contributed by atoms with Crippen LogP contribution in [-0.2, 0) is 0 Å². The highest BCUT2D eigenvalue weighted by Crippen LogP contribution is 2.12. The van der Waals surface area contributed by atoms with Crippen LogP contribution in [-0.4, -0.2) is 9.94 Å². The summed E-state index contributed by atoms with van der Waals surface area (Å²) in [6.07, 6.45) is 1.63. The Morgan fingerprint density at radius 1 is 1.18 bits per heavy atom. The van der Waals surface area contributed by atoms with E-state index in [0.29, 0.717) is 0 Å². The topological polar surface area (TPSA) is 25.2 Å². The predicted molar refractivity (Wildman–Crippen MR) is 47.5 cm³/mol. The summed E-state index contributed by atoms with van der Waals surface area (Å²) in [4.78, 5) is 0. The molecule has 0 amide bonds. The van der Waals surface area contributed by atoms with E-state index in [9.17, 15) is 0 Å². The molecule has 2 aromatic rings. The highest BCUT2D eigenvalue weighted by Gasteiger charge is 1.94. The van der Waals surface area contributed by atoms with E-state index in [2.05, 4.69) is 0 Å². The van der Waals surface area contributed by atoms with E-state index >= 15 is 0 Å².